The molecule has 5 heteroatoms. The Hall–Kier alpha value is -2.41. The lowest BCUT2D eigenvalue weighted by Crippen LogP contribution is -2.13. The smallest absolute Gasteiger partial charge is 0.241 e. The second-order valence-corrected chi connectivity index (χ2v) is 7.46. The largest absolute Gasteiger partial charge is 0.247 e. The normalized spacial score (nSPS) is 18.6. The lowest BCUT2D eigenvalue weighted by molar-refractivity contribution is 0.296. The van der Waals surface area contributed by atoms with Gasteiger partial charge >= 0.3 is 0 Å². The minimum Gasteiger partial charge on any atom is -0.247 e. The van der Waals surface area contributed by atoms with Crippen LogP contribution in [0.2, 0.25) is 0 Å². The second-order valence-electron chi connectivity index (χ2n) is 7.28. The Labute approximate surface area is 171 Å². The summed E-state index contributed by atoms with van der Waals surface area (Å²) in [5.74, 6) is 7.53. The molecule has 0 radical (unpaired) electrons. The Morgan fingerprint density at radius 3 is 2.57 bits per heavy atom. The highest BCUT2D eigenvalue weighted by atomic mass is 32.1. The quantitative estimate of drug-likeness (QED) is 0.337. The molecule has 0 unspecified atom stereocenters. The maximum absolute atomic E-state index is 14.1. The zero-order valence-corrected chi connectivity index (χ0v) is 16.9. The predicted octanol–water partition coefficient (Wildman–Crippen LogP) is 6.37. The van der Waals surface area contributed by atoms with Gasteiger partial charge in [-0.1, -0.05) is 50.2 Å². The van der Waals surface area contributed by atoms with Gasteiger partial charge in [0, 0.05) is 17.0 Å². The molecule has 0 amide bonds. The molecule has 0 aliphatic heterocycles. The van der Waals surface area contributed by atoms with Crippen molar-refractivity contribution in [1.82, 2.24) is 9.97 Å². The van der Waals surface area contributed by atoms with E-state index in [0.717, 1.165) is 11.5 Å². The van der Waals surface area contributed by atoms with Gasteiger partial charge in [-0.25, -0.2) is 4.98 Å². The molecule has 0 bridgehead atoms. The lowest BCUT2D eigenvalue weighted by atomic mass is 9.80. The molecule has 3 rings (SSSR count). The van der Waals surface area contributed by atoms with Gasteiger partial charge in [0.1, 0.15) is 5.69 Å². The van der Waals surface area contributed by atoms with Crippen molar-refractivity contribution in [2.75, 3.05) is 0 Å². The number of hydrogen-bond donors (Lipinski definition) is 0. The van der Waals surface area contributed by atoms with Gasteiger partial charge in [-0.15, -0.1) is 0 Å². The van der Waals surface area contributed by atoms with E-state index in [4.69, 9.17) is 0 Å². The summed E-state index contributed by atoms with van der Waals surface area (Å²) >= 11 is 4.49. The van der Waals surface area contributed by atoms with Crippen molar-refractivity contribution in [2.24, 2.45) is 16.8 Å². The first-order valence-electron chi connectivity index (χ1n) is 9.92. The van der Waals surface area contributed by atoms with E-state index in [0.29, 0.717) is 11.5 Å². The van der Waals surface area contributed by atoms with Crippen LogP contribution in [0.25, 0.3) is 11.3 Å². The second kappa shape index (κ2) is 10.2. The molecular weight excluding hydrogens is 369 g/mol. The van der Waals surface area contributed by atoms with Gasteiger partial charge < -0.3 is 0 Å². The number of hydrogen-bond acceptors (Lipinski definition) is 4. The summed E-state index contributed by atoms with van der Waals surface area (Å²) in [5.41, 5.74) is 1.78. The third-order valence-electron chi connectivity index (χ3n) is 5.27. The summed E-state index contributed by atoms with van der Waals surface area (Å²) in [6, 6.07) is 7.45. The highest BCUT2D eigenvalue weighted by molar-refractivity contribution is 7.78. The van der Waals surface area contributed by atoms with Crippen LogP contribution in [0, 0.1) is 29.6 Å². The molecule has 144 valence electrons. The van der Waals surface area contributed by atoms with E-state index >= 15 is 0 Å². The molecule has 3 nitrogen and oxygen atoms in total. The zero-order valence-electron chi connectivity index (χ0n) is 16.1. The van der Waals surface area contributed by atoms with Crippen LogP contribution < -0.4 is 0 Å². The van der Waals surface area contributed by atoms with E-state index in [-0.39, 0.29) is 11.5 Å². The number of nitrogens with zero attached hydrogens (tertiary/aromatic N) is 3. The SMILES string of the molecule is CCCCC1CCC(C#Cc2ccc(-c3ncc(N=C=S)nc3F)cc2)CC1. The number of benzene rings is 1. The van der Waals surface area contributed by atoms with Gasteiger partial charge in [-0.05, 0) is 56.0 Å². The highest BCUT2D eigenvalue weighted by Crippen LogP contribution is 2.31. The van der Waals surface area contributed by atoms with Crippen LogP contribution in [0.4, 0.5) is 10.2 Å². The summed E-state index contributed by atoms with van der Waals surface area (Å²) in [6.45, 7) is 2.26. The van der Waals surface area contributed by atoms with Crippen LogP contribution in [0.3, 0.4) is 0 Å². The highest BCUT2D eigenvalue weighted by Gasteiger charge is 2.19. The van der Waals surface area contributed by atoms with Gasteiger partial charge in [0.2, 0.25) is 5.95 Å². The lowest BCUT2D eigenvalue weighted by Gasteiger charge is -2.25. The third-order valence-corrected chi connectivity index (χ3v) is 5.36. The van der Waals surface area contributed by atoms with Crippen molar-refractivity contribution in [3.8, 4) is 23.1 Å². The molecule has 2 aromatic rings. The van der Waals surface area contributed by atoms with E-state index in [1.165, 1.54) is 51.1 Å². The molecule has 28 heavy (non-hydrogen) atoms. The molecule has 0 N–H and O–H groups in total. The van der Waals surface area contributed by atoms with Crippen LogP contribution in [0.15, 0.2) is 35.5 Å². The first kappa shape index (κ1) is 20.3. The van der Waals surface area contributed by atoms with Gasteiger partial charge in [-0.3, -0.25) is 0 Å². The molecule has 1 aliphatic rings. The van der Waals surface area contributed by atoms with Gasteiger partial charge in [-0.2, -0.15) is 14.4 Å². The van der Waals surface area contributed by atoms with Crippen molar-refractivity contribution < 1.29 is 4.39 Å². The van der Waals surface area contributed by atoms with E-state index in [1.807, 2.05) is 24.3 Å². The Kier molecular flexibility index (Phi) is 7.42. The molecule has 0 spiro atoms. The van der Waals surface area contributed by atoms with E-state index < -0.39 is 5.95 Å². The van der Waals surface area contributed by atoms with Crippen LogP contribution in [0.5, 0.6) is 0 Å². The minimum absolute atomic E-state index is 0.114. The molecule has 1 saturated carbocycles. The van der Waals surface area contributed by atoms with Gasteiger partial charge in [0.05, 0.1) is 11.4 Å². The maximum atomic E-state index is 14.1. The number of isothiocyanates is 1. The average Bonchev–Trinajstić information content (AvgIpc) is 2.72. The molecule has 1 aromatic heterocycles. The Morgan fingerprint density at radius 2 is 1.93 bits per heavy atom. The van der Waals surface area contributed by atoms with Crippen molar-refractivity contribution in [2.45, 2.75) is 51.9 Å². The Morgan fingerprint density at radius 1 is 1.18 bits per heavy atom. The van der Waals surface area contributed by atoms with E-state index in [1.54, 1.807) is 0 Å². The minimum atomic E-state index is -0.676. The number of rotatable bonds is 5. The van der Waals surface area contributed by atoms with Crippen LogP contribution in [-0.4, -0.2) is 15.1 Å². The Balaban J connectivity index is 1.62. The van der Waals surface area contributed by atoms with E-state index in [9.17, 15) is 4.39 Å². The number of halogens is 1. The van der Waals surface area contributed by atoms with Crippen molar-refractivity contribution in [1.29, 1.82) is 0 Å². The molecule has 1 aromatic carbocycles. The third kappa shape index (κ3) is 5.55. The summed E-state index contributed by atoms with van der Waals surface area (Å²) in [4.78, 5) is 11.5. The fraction of sp³-hybridized carbons (Fsp3) is 0.435. The monoisotopic (exact) mass is 393 g/mol. The fourth-order valence-electron chi connectivity index (χ4n) is 3.64. The maximum Gasteiger partial charge on any atom is 0.241 e. The number of unbranched alkanes of at least 4 members (excludes halogenated alkanes) is 1. The summed E-state index contributed by atoms with van der Waals surface area (Å²) < 4.78 is 14.1. The van der Waals surface area contributed by atoms with Gasteiger partial charge in [0.25, 0.3) is 0 Å². The first-order chi connectivity index (χ1) is 13.7. The zero-order chi connectivity index (χ0) is 19.8. The summed E-state index contributed by atoms with van der Waals surface area (Å²) in [5, 5.41) is 2.15. The number of thiocarbonyl (C=S) groups is 1. The Bertz CT molecular complexity index is 900. The van der Waals surface area contributed by atoms with Crippen LogP contribution in [0.1, 0.15) is 57.4 Å². The molecular formula is C23H24FN3S. The summed E-state index contributed by atoms with van der Waals surface area (Å²) in [6.07, 6.45) is 10.4. The van der Waals surface area contributed by atoms with Gasteiger partial charge in [0.15, 0.2) is 5.82 Å². The van der Waals surface area contributed by atoms with E-state index in [2.05, 4.69) is 51.1 Å². The number of aromatic nitrogens is 2. The summed E-state index contributed by atoms with van der Waals surface area (Å²) in [7, 11) is 0. The predicted molar refractivity (Wildman–Crippen MR) is 114 cm³/mol. The topological polar surface area (TPSA) is 38.1 Å². The van der Waals surface area contributed by atoms with Crippen molar-refractivity contribution in [3.63, 3.8) is 0 Å². The van der Waals surface area contributed by atoms with Crippen LogP contribution >= 0.6 is 12.2 Å². The fourth-order valence-corrected chi connectivity index (χ4v) is 3.73. The van der Waals surface area contributed by atoms with Crippen molar-refractivity contribution >= 4 is 23.2 Å². The number of aliphatic imine (C=N–C) groups is 1. The van der Waals surface area contributed by atoms with Crippen LogP contribution in [-0.2, 0) is 0 Å². The average molecular weight is 394 g/mol. The molecule has 0 saturated heterocycles. The first-order valence-corrected chi connectivity index (χ1v) is 10.3. The standard InChI is InChI=1S/C23H24FN3S/c1-2-3-4-17-5-7-18(8-6-17)9-10-19-11-13-20(14-12-19)22-23(24)27-21(15-25-22)26-16-28/h11-15,17-18H,2-8H2,1H3. The molecule has 1 aliphatic carbocycles. The van der Waals surface area contributed by atoms with Crippen molar-refractivity contribution in [3.05, 3.63) is 42.0 Å². The molecule has 1 fully saturated rings. The molecule has 1 heterocycles. The molecule has 0 atom stereocenters.